The van der Waals surface area contributed by atoms with Crippen LogP contribution in [0.3, 0.4) is 0 Å². The molecule has 0 bridgehead atoms. The maximum Gasteiger partial charge on any atom is 0.0503 e. The van der Waals surface area contributed by atoms with Crippen molar-refractivity contribution in [2.75, 3.05) is 0 Å². The number of fused-ring (bicyclic) bond motifs is 7. The first-order valence-corrected chi connectivity index (χ1v) is 9.41. The number of aryl methyl sites for hydroxylation is 2. The molecule has 5 rings (SSSR count). The van der Waals surface area contributed by atoms with Crippen molar-refractivity contribution in [1.29, 1.82) is 0 Å². The highest BCUT2D eigenvalue weighted by atomic mass is 32.1. The second-order valence-electron chi connectivity index (χ2n) is 6.56. The van der Waals surface area contributed by atoms with Gasteiger partial charge in [0.1, 0.15) is 0 Å². The third kappa shape index (κ3) is 1.75. The standard InChI is InChI=1S/C22H19NS/c1-3-7-14-8-6-10-15-16-12-13-19-20(22(16)24-21(14)15)17-9-4-5-11-18(17)23(19)2/h4-6,8-13H,3,7H2,1-2H3. The second kappa shape index (κ2) is 5.09. The van der Waals surface area contributed by atoms with Gasteiger partial charge in [0.05, 0.1) is 5.52 Å². The van der Waals surface area contributed by atoms with Gasteiger partial charge in [-0.2, -0.15) is 0 Å². The lowest BCUT2D eigenvalue weighted by Crippen LogP contribution is -1.85. The summed E-state index contributed by atoms with van der Waals surface area (Å²) in [5.74, 6) is 0. The van der Waals surface area contributed by atoms with Gasteiger partial charge in [-0.05, 0) is 24.1 Å². The molecule has 0 aliphatic rings. The van der Waals surface area contributed by atoms with Crippen molar-refractivity contribution in [3.8, 4) is 0 Å². The Kier molecular flexibility index (Phi) is 2.98. The lowest BCUT2D eigenvalue weighted by Gasteiger charge is -2.00. The van der Waals surface area contributed by atoms with E-state index in [1.54, 1.807) is 0 Å². The lowest BCUT2D eigenvalue weighted by molar-refractivity contribution is 0.931. The molecule has 0 aliphatic carbocycles. The summed E-state index contributed by atoms with van der Waals surface area (Å²) in [7, 11) is 2.17. The molecule has 0 unspecified atom stereocenters. The average molecular weight is 329 g/mol. The van der Waals surface area contributed by atoms with Crippen LogP contribution in [0.2, 0.25) is 0 Å². The molecule has 0 radical (unpaired) electrons. The summed E-state index contributed by atoms with van der Waals surface area (Å²) in [5, 5.41) is 5.59. The zero-order valence-corrected chi connectivity index (χ0v) is 14.8. The normalized spacial score (nSPS) is 12.1. The Labute approximate surface area is 145 Å². The van der Waals surface area contributed by atoms with Crippen LogP contribution >= 0.6 is 11.3 Å². The highest BCUT2D eigenvalue weighted by Crippen LogP contribution is 2.43. The average Bonchev–Trinajstić information content (AvgIpc) is 3.13. The van der Waals surface area contributed by atoms with E-state index in [-0.39, 0.29) is 0 Å². The van der Waals surface area contributed by atoms with Crippen molar-refractivity contribution in [2.24, 2.45) is 7.05 Å². The van der Waals surface area contributed by atoms with Crippen LogP contribution in [0.15, 0.2) is 54.6 Å². The fourth-order valence-corrected chi connectivity index (χ4v) is 5.42. The van der Waals surface area contributed by atoms with Gasteiger partial charge in [0, 0.05) is 43.5 Å². The summed E-state index contributed by atoms with van der Waals surface area (Å²) in [6, 6.07) is 20.1. The molecule has 0 saturated heterocycles. The van der Waals surface area contributed by atoms with Crippen LogP contribution in [-0.4, -0.2) is 4.57 Å². The monoisotopic (exact) mass is 329 g/mol. The van der Waals surface area contributed by atoms with E-state index in [9.17, 15) is 0 Å². The third-order valence-corrected chi connectivity index (χ3v) is 6.46. The number of benzene rings is 3. The van der Waals surface area contributed by atoms with Gasteiger partial charge in [-0.1, -0.05) is 55.8 Å². The van der Waals surface area contributed by atoms with Gasteiger partial charge in [0.2, 0.25) is 0 Å². The zero-order chi connectivity index (χ0) is 16.3. The van der Waals surface area contributed by atoms with E-state index >= 15 is 0 Å². The third-order valence-electron chi connectivity index (χ3n) is 5.14. The number of thiophene rings is 1. The van der Waals surface area contributed by atoms with Crippen molar-refractivity contribution >= 4 is 53.3 Å². The van der Waals surface area contributed by atoms with Gasteiger partial charge >= 0.3 is 0 Å². The van der Waals surface area contributed by atoms with Crippen LogP contribution in [0, 0.1) is 0 Å². The Hall–Kier alpha value is -2.32. The van der Waals surface area contributed by atoms with Gasteiger partial charge in [0.25, 0.3) is 0 Å². The smallest absolute Gasteiger partial charge is 0.0503 e. The maximum atomic E-state index is 2.32. The molecule has 118 valence electrons. The van der Waals surface area contributed by atoms with Gasteiger partial charge < -0.3 is 4.57 Å². The van der Waals surface area contributed by atoms with Gasteiger partial charge in [-0.25, -0.2) is 0 Å². The molecule has 0 amide bonds. The molecule has 5 aromatic rings. The molecule has 0 saturated carbocycles. The van der Waals surface area contributed by atoms with Crippen LogP contribution in [0.5, 0.6) is 0 Å². The largest absolute Gasteiger partial charge is 0.344 e. The van der Waals surface area contributed by atoms with Crippen molar-refractivity contribution in [3.63, 3.8) is 0 Å². The summed E-state index contributed by atoms with van der Waals surface area (Å²) in [5.41, 5.74) is 4.13. The molecule has 2 heteroatoms. The minimum absolute atomic E-state index is 1.16. The fraction of sp³-hybridized carbons (Fsp3) is 0.182. The van der Waals surface area contributed by atoms with E-state index in [1.807, 2.05) is 11.3 Å². The van der Waals surface area contributed by atoms with E-state index in [2.05, 4.69) is 73.1 Å². The Morgan fingerprint density at radius 2 is 1.58 bits per heavy atom. The second-order valence-corrected chi connectivity index (χ2v) is 7.58. The topological polar surface area (TPSA) is 4.93 Å². The first kappa shape index (κ1) is 14.1. The summed E-state index contributed by atoms with van der Waals surface area (Å²) in [6.07, 6.45) is 2.35. The van der Waals surface area contributed by atoms with Crippen molar-refractivity contribution in [2.45, 2.75) is 19.8 Å². The molecule has 2 heterocycles. The molecule has 0 atom stereocenters. The number of hydrogen-bond acceptors (Lipinski definition) is 1. The highest BCUT2D eigenvalue weighted by Gasteiger charge is 2.15. The van der Waals surface area contributed by atoms with Crippen molar-refractivity contribution in [1.82, 2.24) is 4.57 Å². The predicted octanol–water partition coefficient (Wildman–Crippen LogP) is 6.65. The number of rotatable bonds is 2. The van der Waals surface area contributed by atoms with E-state index < -0.39 is 0 Å². The van der Waals surface area contributed by atoms with Crippen LogP contribution < -0.4 is 0 Å². The molecular weight excluding hydrogens is 310 g/mol. The first-order valence-electron chi connectivity index (χ1n) is 8.60. The molecule has 0 aliphatic heterocycles. The molecule has 0 N–H and O–H groups in total. The summed E-state index contributed by atoms with van der Waals surface area (Å²) >= 11 is 1.97. The molecule has 1 nitrogen and oxygen atoms in total. The predicted molar refractivity (Wildman–Crippen MR) is 107 cm³/mol. The Morgan fingerprint density at radius 1 is 0.792 bits per heavy atom. The molecule has 3 aromatic carbocycles. The lowest BCUT2D eigenvalue weighted by atomic mass is 10.0. The van der Waals surface area contributed by atoms with E-state index in [0.717, 1.165) is 6.42 Å². The van der Waals surface area contributed by atoms with Crippen LogP contribution in [0.25, 0.3) is 42.0 Å². The quantitative estimate of drug-likeness (QED) is 0.341. The number of nitrogens with zero attached hydrogens (tertiary/aromatic N) is 1. The van der Waals surface area contributed by atoms with Crippen LogP contribution in [0.1, 0.15) is 18.9 Å². The number of aromatic nitrogens is 1. The zero-order valence-electron chi connectivity index (χ0n) is 14.0. The Bertz CT molecular complexity index is 1220. The molecule has 0 fully saturated rings. The minimum atomic E-state index is 1.16. The van der Waals surface area contributed by atoms with E-state index in [4.69, 9.17) is 0 Å². The SMILES string of the molecule is CCCc1cccc2c1sc1c2ccc2c1c1ccccc1n2C. The molecule has 0 spiro atoms. The summed E-state index contributed by atoms with van der Waals surface area (Å²) in [6.45, 7) is 2.26. The highest BCUT2D eigenvalue weighted by molar-refractivity contribution is 7.27. The van der Waals surface area contributed by atoms with Gasteiger partial charge in [-0.3, -0.25) is 0 Å². The van der Waals surface area contributed by atoms with Crippen molar-refractivity contribution in [3.05, 3.63) is 60.2 Å². The van der Waals surface area contributed by atoms with Crippen LogP contribution in [0.4, 0.5) is 0 Å². The Balaban J connectivity index is 2.03. The maximum absolute atomic E-state index is 2.32. The van der Waals surface area contributed by atoms with Gasteiger partial charge in [-0.15, -0.1) is 11.3 Å². The molecular formula is C22H19NS. The molecule has 24 heavy (non-hydrogen) atoms. The fourth-order valence-electron chi connectivity index (χ4n) is 4.02. The summed E-state index contributed by atoms with van der Waals surface area (Å²) in [4.78, 5) is 0. The Morgan fingerprint density at radius 3 is 2.46 bits per heavy atom. The van der Waals surface area contributed by atoms with Crippen LogP contribution in [-0.2, 0) is 13.5 Å². The van der Waals surface area contributed by atoms with E-state index in [1.165, 1.54) is 54.0 Å². The van der Waals surface area contributed by atoms with Gasteiger partial charge in [0.15, 0.2) is 0 Å². The minimum Gasteiger partial charge on any atom is -0.344 e. The number of hydrogen-bond donors (Lipinski definition) is 0. The molecule has 2 aromatic heterocycles. The van der Waals surface area contributed by atoms with Crippen molar-refractivity contribution < 1.29 is 0 Å². The van der Waals surface area contributed by atoms with E-state index in [0.29, 0.717) is 0 Å². The first-order chi connectivity index (χ1) is 11.8. The summed E-state index contributed by atoms with van der Waals surface area (Å²) < 4.78 is 5.22. The number of para-hydroxylation sites is 1.